The molecule has 0 aliphatic heterocycles. The number of carbonyl (C=O) groups excluding carboxylic acids is 1. The smallest absolute Gasteiger partial charge is 0.318 e. The lowest BCUT2D eigenvalue weighted by atomic mass is 9.87. The van der Waals surface area contributed by atoms with Gasteiger partial charge in [-0.3, -0.25) is 0 Å². The van der Waals surface area contributed by atoms with Crippen LogP contribution in [0.5, 0.6) is 0 Å². The molecule has 0 atom stereocenters. The molecule has 0 aromatic heterocycles. The van der Waals surface area contributed by atoms with E-state index in [0.29, 0.717) is 6.04 Å². The summed E-state index contributed by atoms with van der Waals surface area (Å²) in [5, 5.41) is 8.85. The van der Waals surface area contributed by atoms with Gasteiger partial charge < -0.3 is 16.0 Å². The standard InChI is InChI=1S/C15H23N3O/c1-11-3-5-12(6-4-11)17-13-7-9-14(10-8-13)18-15(19)16-2/h7-12,17H,3-6H2,1-2H3,(H2,16,18,19). The number of anilines is 2. The van der Waals surface area contributed by atoms with Crippen molar-refractivity contribution in [1.29, 1.82) is 0 Å². The summed E-state index contributed by atoms with van der Waals surface area (Å²) < 4.78 is 0. The van der Waals surface area contributed by atoms with Gasteiger partial charge in [-0.1, -0.05) is 6.92 Å². The van der Waals surface area contributed by atoms with Crippen LogP contribution >= 0.6 is 0 Å². The summed E-state index contributed by atoms with van der Waals surface area (Å²) in [6.07, 6.45) is 5.13. The van der Waals surface area contributed by atoms with E-state index in [0.717, 1.165) is 17.3 Å². The summed E-state index contributed by atoms with van der Waals surface area (Å²) in [5.41, 5.74) is 1.93. The molecular weight excluding hydrogens is 238 g/mol. The highest BCUT2D eigenvalue weighted by Crippen LogP contribution is 2.26. The maximum absolute atomic E-state index is 11.2. The first-order chi connectivity index (χ1) is 9.17. The minimum absolute atomic E-state index is 0.193. The van der Waals surface area contributed by atoms with E-state index in [-0.39, 0.29) is 6.03 Å². The fourth-order valence-electron chi connectivity index (χ4n) is 2.48. The van der Waals surface area contributed by atoms with Crippen LogP contribution in [-0.4, -0.2) is 19.1 Å². The fourth-order valence-corrected chi connectivity index (χ4v) is 2.48. The Morgan fingerprint density at radius 3 is 2.21 bits per heavy atom. The number of urea groups is 1. The summed E-state index contributed by atoms with van der Waals surface area (Å²) in [5.74, 6) is 0.872. The van der Waals surface area contributed by atoms with Crippen molar-refractivity contribution in [2.24, 2.45) is 5.92 Å². The lowest BCUT2D eigenvalue weighted by Crippen LogP contribution is -2.25. The Hall–Kier alpha value is -1.71. The minimum atomic E-state index is -0.193. The van der Waals surface area contributed by atoms with Crippen LogP contribution in [0.25, 0.3) is 0 Å². The predicted molar refractivity (Wildman–Crippen MR) is 79.6 cm³/mol. The van der Waals surface area contributed by atoms with E-state index in [1.807, 2.05) is 24.3 Å². The van der Waals surface area contributed by atoms with Crippen molar-refractivity contribution in [1.82, 2.24) is 5.32 Å². The second kappa shape index (κ2) is 6.45. The molecule has 0 radical (unpaired) electrons. The Bertz CT molecular complexity index is 408. The number of benzene rings is 1. The predicted octanol–water partition coefficient (Wildman–Crippen LogP) is 3.43. The van der Waals surface area contributed by atoms with E-state index in [4.69, 9.17) is 0 Å². The first kappa shape index (κ1) is 13.7. The van der Waals surface area contributed by atoms with Crippen molar-refractivity contribution in [2.45, 2.75) is 38.6 Å². The van der Waals surface area contributed by atoms with E-state index in [9.17, 15) is 4.79 Å². The van der Waals surface area contributed by atoms with Crippen molar-refractivity contribution < 1.29 is 4.79 Å². The number of carbonyl (C=O) groups is 1. The third-order valence-electron chi connectivity index (χ3n) is 3.76. The van der Waals surface area contributed by atoms with Crippen LogP contribution in [-0.2, 0) is 0 Å². The Morgan fingerprint density at radius 1 is 1.05 bits per heavy atom. The van der Waals surface area contributed by atoms with Gasteiger partial charge in [0.1, 0.15) is 0 Å². The molecule has 1 aliphatic carbocycles. The molecule has 3 N–H and O–H groups in total. The van der Waals surface area contributed by atoms with Crippen molar-refractivity contribution in [3.8, 4) is 0 Å². The van der Waals surface area contributed by atoms with Crippen LogP contribution in [0, 0.1) is 5.92 Å². The third-order valence-corrected chi connectivity index (χ3v) is 3.76. The van der Waals surface area contributed by atoms with Gasteiger partial charge >= 0.3 is 6.03 Å². The Labute approximate surface area is 115 Å². The zero-order chi connectivity index (χ0) is 13.7. The lowest BCUT2D eigenvalue weighted by molar-refractivity contribution is 0.254. The molecule has 0 unspecified atom stereocenters. The molecule has 1 fully saturated rings. The molecule has 0 bridgehead atoms. The number of hydrogen-bond acceptors (Lipinski definition) is 2. The molecule has 0 heterocycles. The maximum atomic E-state index is 11.2. The van der Waals surface area contributed by atoms with Crippen LogP contribution < -0.4 is 16.0 Å². The fraction of sp³-hybridized carbons (Fsp3) is 0.533. The number of rotatable bonds is 3. The zero-order valence-electron chi connectivity index (χ0n) is 11.7. The lowest BCUT2D eigenvalue weighted by Gasteiger charge is -2.27. The molecule has 0 spiro atoms. The highest BCUT2D eigenvalue weighted by molar-refractivity contribution is 5.89. The van der Waals surface area contributed by atoms with Gasteiger partial charge in [0.15, 0.2) is 0 Å². The molecule has 2 amide bonds. The number of nitrogens with one attached hydrogen (secondary N) is 3. The normalized spacial score (nSPS) is 22.6. The molecule has 0 saturated heterocycles. The number of hydrogen-bond donors (Lipinski definition) is 3. The van der Waals surface area contributed by atoms with Gasteiger partial charge in [-0.25, -0.2) is 4.79 Å². The molecule has 2 rings (SSSR count). The molecule has 19 heavy (non-hydrogen) atoms. The van der Waals surface area contributed by atoms with Crippen LogP contribution in [0.3, 0.4) is 0 Å². The SMILES string of the molecule is CNC(=O)Nc1ccc(NC2CCC(C)CC2)cc1. The first-order valence-electron chi connectivity index (χ1n) is 7.02. The van der Waals surface area contributed by atoms with E-state index in [2.05, 4.69) is 22.9 Å². The van der Waals surface area contributed by atoms with Crippen molar-refractivity contribution in [3.05, 3.63) is 24.3 Å². The monoisotopic (exact) mass is 261 g/mol. The second-order valence-corrected chi connectivity index (χ2v) is 5.38. The topological polar surface area (TPSA) is 53.2 Å². The summed E-state index contributed by atoms with van der Waals surface area (Å²) >= 11 is 0. The highest BCUT2D eigenvalue weighted by Gasteiger charge is 2.17. The molecule has 1 aromatic rings. The molecule has 1 aromatic carbocycles. The van der Waals surface area contributed by atoms with E-state index < -0.39 is 0 Å². The first-order valence-corrected chi connectivity index (χ1v) is 7.02. The summed E-state index contributed by atoms with van der Waals surface area (Å²) in [6.45, 7) is 2.33. The largest absolute Gasteiger partial charge is 0.382 e. The van der Waals surface area contributed by atoms with Gasteiger partial charge in [0, 0.05) is 24.5 Å². The van der Waals surface area contributed by atoms with Gasteiger partial charge in [-0.05, 0) is 55.9 Å². The molecular formula is C15H23N3O. The average molecular weight is 261 g/mol. The van der Waals surface area contributed by atoms with Gasteiger partial charge in [-0.15, -0.1) is 0 Å². The Morgan fingerprint density at radius 2 is 1.63 bits per heavy atom. The molecule has 104 valence electrons. The van der Waals surface area contributed by atoms with Crippen LogP contribution in [0.2, 0.25) is 0 Å². The van der Waals surface area contributed by atoms with E-state index in [1.165, 1.54) is 25.7 Å². The van der Waals surface area contributed by atoms with Gasteiger partial charge in [0.2, 0.25) is 0 Å². The van der Waals surface area contributed by atoms with Gasteiger partial charge in [0.25, 0.3) is 0 Å². The van der Waals surface area contributed by atoms with Crippen LogP contribution in [0.1, 0.15) is 32.6 Å². The van der Waals surface area contributed by atoms with Crippen molar-refractivity contribution in [2.75, 3.05) is 17.7 Å². The van der Waals surface area contributed by atoms with Gasteiger partial charge in [0.05, 0.1) is 0 Å². The van der Waals surface area contributed by atoms with E-state index >= 15 is 0 Å². The summed E-state index contributed by atoms with van der Waals surface area (Å²) in [7, 11) is 1.61. The van der Waals surface area contributed by atoms with Crippen LogP contribution in [0.4, 0.5) is 16.2 Å². The van der Waals surface area contributed by atoms with Crippen molar-refractivity contribution >= 4 is 17.4 Å². The highest BCUT2D eigenvalue weighted by atomic mass is 16.2. The Balaban J connectivity index is 1.86. The second-order valence-electron chi connectivity index (χ2n) is 5.38. The summed E-state index contributed by atoms with van der Waals surface area (Å²) in [6, 6.07) is 8.27. The average Bonchev–Trinajstić information content (AvgIpc) is 2.43. The zero-order valence-corrected chi connectivity index (χ0v) is 11.7. The molecule has 1 saturated carbocycles. The maximum Gasteiger partial charge on any atom is 0.318 e. The van der Waals surface area contributed by atoms with Crippen molar-refractivity contribution in [3.63, 3.8) is 0 Å². The quantitative estimate of drug-likeness (QED) is 0.780. The third kappa shape index (κ3) is 4.16. The molecule has 4 nitrogen and oxygen atoms in total. The molecule has 4 heteroatoms. The summed E-state index contributed by atoms with van der Waals surface area (Å²) in [4.78, 5) is 11.2. The van der Waals surface area contributed by atoms with E-state index in [1.54, 1.807) is 7.05 Å². The molecule has 1 aliphatic rings. The van der Waals surface area contributed by atoms with Gasteiger partial charge in [-0.2, -0.15) is 0 Å². The Kier molecular flexibility index (Phi) is 4.66. The van der Waals surface area contributed by atoms with Crippen LogP contribution in [0.15, 0.2) is 24.3 Å². The minimum Gasteiger partial charge on any atom is -0.382 e. The number of amides is 2.